The molecule has 30 heavy (non-hydrogen) atoms. The molecule has 1 aromatic carbocycles. The summed E-state index contributed by atoms with van der Waals surface area (Å²) in [6, 6.07) is 12.0. The highest BCUT2D eigenvalue weighted by Gasteiger charge is 2.30. The third-order valence-corrected chi connectivity index (χ3v) is 6.58. The van der Waals surface area contributed by atoms with E-state index in [1.807, 2.05) is 48.7 Å². The van der Waals surface area contributed by atoms with Gasteiger partial charge in [-0.25, -0.2) is 0 Å². The molecule has 0 atom stereocenters. The molecule has 2 aromatic heterocycles. The number of thiophene rings is 1. The summed E-state index contributed by atoms with van der Waals surface area (Å²) in [6.07, 6.45) is 2.22. The van der Waals surface area contributed by atoms with Crippen LogP contribution in [-0.2, 0) is 9.59 Å². The molecule has 2 amide bonds. The first kappa shape index (κ1) is 20.6. The van der Waals surface area contributed by atoms with Gasteiger partial charge in [-0.3, -0.25) is 14.2 Å². The normalized spacial score (nSPS) is 13.3. The average molecular weight is 442 g/mol. The van der Waals surface area contributed by atoms with E-state index in [1.54, 1.807) is 18.4 Å². The molecule has 3 aromatic rings. The molecule has 1 aliphatic carbocycles. The molecule has 0 spiro atoms. The van der Waals surface area contributed by atoms with Gasteiger partial charge in [-0.2, -0.15) is 0 Å². The molecule has 2 heterocycles. The van der Waals surface area contributed by atoms with Crippen LogP contribution >= 0.6 is 23.1 Å². The molecule has 0 aliphatic heterocycles. The molecular weight excluding hydrogens is 418 g/mol. The summed E-state index contributed by atoms with van der Waals surface area (Å²) in [5.41, 5.74) is 1.85. The highest BCUT2D eigenvalue weighted by Crippen LogP contribution is 2.41. The van der Waals surface area contributed by atoms with E-state index in [0.717, 1.165) is 40.0 Å². The second kappa shape index (κ2) is 9.01. The van der Waals surface area contributed by atoms with Crippen molar-refractivity contribution in [1.82, 2.24) is 19.7 Å². The molecule has 1 fully saturated rings. The molecule has 1 aliphatic rings. The fourth-order valence-electron chi connectivity index (χ4n) is 2.99. The number of carbonyl (C=O) groups is 2. The number of hydrogen-bond acceptors (Lipinski definition) is 6. The number of anilines is 1. The lowest BCUT2D eigenvalue weighted by molar-refractivity contribution is -0.131. The minimum Gasteiger partial charge on any atom is -0.336 e. The number of rotatable bonds is 8. The summed E-state index contributed by atoms with van der Waals surface area (Å²) < 4.78 is 2.15. The summed E-state index contributed by atoms with van der Waals surface area (Å²) in [5, 5.41) is 14.3. The third-order valence-electron chi connectivity index (χ3n) is 4.78. The topological polar surface area (TPSA) is 80.1 Å². The number of aromatic nitrogens is 3. The predicted molar refractivity (Wildman–Crippen MR) is 120 cm³/mol. The Morgan fingerprint density at radius 2 is 2.00 bits per heavy atom. The van der Waals surface area contributed by atoms with Gasteiger partial charge in [0, 0.05) is 18.8 Å². The van der Waals surface area contributed by atoms with Crippen molar-refractivity contribution in [2.24, 2.45) is 0 Å². The zero-order valence-electron chi connectivity index (χ0n) is 16.9. The second-order valence-electron chi connectivity index (χ2n) is 7.34. The number of thioether (sulfide) groups is 1. The maximum absolute atomic E-state index is 12.6. The lowest BCUT2D eigenvalue weighted by Gasteiger charge is -2.17. The van der Waals surface area contributed by atoms with Gasteiger partial charge < -0.3 is 10.2 Å². The van der Waals surface area contributed by atoms with Crippen LogP contribution in [0.15, 0.2) is 46.9 Å². The van der Waals surface area contributed by atoms with Crippen LogP contribution in [0.25, 0.3) is 10.7 Å². The van der Waals surface area contributed by atoms with Gasteiger partial charge in [0.05, 0.1) is 17.2 Å². The summed E-state index contributed by atoms with van der Waals surface area (Å²) >= 11 is 3.01. The van der Waals surface area contributed by atoms with Crippen LogP contribution in [0.1, 0.15) is 24.4 Å². The number of aryl methyl sites for hydroxylation is 1. The van der Waals surface area contributed by atoms with E-state index in [4.69, 9.17) is 0 Å². The maximum Gasteiger partial charge on any atom is 0.243 e. The molecule has 0 saturated heterocycles. The molecule has 0 unspecified atom stereocenters. The standard InChI is InChI=1S/C21H23N5O2S2/c1-14-5-7-15(8-6-14)22-18(27)12-25(2)19(28)13-30-21-24-23-20(17-4-3-11-29-17)26(21)16-9-10-16/h3-8,11,16H,9-10,12-13H2,1-2H3,(H,22,27). The van der Waals surface area contributed by atoms with Gasteiger partial charge in [-0.15, -0.1) is 21.5 Å². The van der Waals surface area contributed by atoms with Crippen molar-refractivity contribution in [3.05, 3.63) is 47.3 Å². The van der Waals surface area contributed by atoms with E-state index in [0.29, 0.717) is 6.04 Å². The smallest absolute Gasteiger partial charge is 0.243 e. The first-order chi connectivity index (χ1) is 14.5. The number of benzene rings is 1. The Labute approximate surface area is 183 Å². The minimum atomic E-state index is -0.221. The first-order valence-corrected chi connectivity index (χ1v) is 11.6. The lowest BCUT2D eigenvalue weighted by atomic mass is 10.2. The van der Waals surface area contributed by atoms with Gasteiger partial charge in [-0.05, 0) is 43.3 Å². The van der Waals surface area contributed by atoms with Crippen LogP contribution in [0.5, 0.6) is 0 Å². The monoisotopic (exact) mass is 441 g/mol. The van der Waals surface area contributed by atoms with E-state index in [-0.39, 0.29) is 24.1 Å². The Kier molecular flexibility index (Phi) is 6.19. The van der Waals surface area contributed by atoms with Gasteiger partial charge in [0.25, 0.3) is 0 Å². The highest BCUT2D eigenvalue weighted by molar-refractivity contribution is 7.99. The van der Waals surface area contributed by atoms with E-state index >= 15 is 0 Å². The van der Waals surface area contributed by atoms with Crippen molar-refractivity contribution in [2.45, 2.75) is 31.0 Å². The average Bonchev–Trinajstić information content (AvgIpc) is 3.24. The summed E-state index contributed by atoms with van der Waals surface area (Å²) in [5.74, 6) is 0.736. The maximum atomic E-state index is 12.6. The van der Waals surface area contributed by atoms with Crippen LogP contribution < -0.4 is 5.32 Å². The fourth-order valence-corrected chi connectivity index (χ4v) is 4.64. The third kappa shape index (κ3) is 4.91. The molecule has 7 nitrogen and oxygen atoms in total. The molecule has 1 saturated carbocycles. The van der Waals surface area contributed by atoms with Crippen LogP contribution in [0, 0.1) is 6.92 Å². The quantitative estimate of drug-likeness (QED) is 0.537. The van der Waals surface area contributed by atoms with Crippen molar-refractivity contribution < 1.29 is 9.59 Å². The number of hydrogen-bond donors (Lipinski definition) is 1. The predicted octanol–water partition coefficient (Wildman–Crippen LogP) is 3.84. The summed E-state index contributed by atoms with van der Waals surface area (Å²) in [7, 11) is 1.64. The van der Waals surface area contributed by atoms with Crippen LogP contribution in [0.3, 0.4) is 0 Å². The van der Waals surface area contributed by atoms with Crippen molar-refractivity contribution >= 4 is 40.6 Å². The van der Waals surface area contributed by atoms with Gasteiger partial charge in [-0.1, -0.05) is 35.5 Å². The number of amides is 2. The zero-order valence-corrected chi connectivity index (χ0v) is 18.5. The van der Waals surface area contributed by atoms with Gasteiger partial charge in [0.15, 0.2) is 11.0 Å². The molecule has 4 rings (SSSR count). The van der Waals surface area contributed by atoms with Crippen molar-refractivity contribution in [2.75, 3.05) is 24.7 Å². The van der Waals surface area contributed by atoms with Gasteiger partial charge in [0.2, 0.25) is 11.8 Å². The lowest BCUT2D eigenvalue weighted by Crippen LogP contribution is -2.36. The zero-order chi connectivity index (χ0) is 21.1. The molecule has 0 radical (unpaired) electrons. The first-order valence-electron chi connectivity index (χ1n) is 9.73. The number of nitrogens with one attached hydrogen (secondary N) is 1. The van der Waals surface area contributed by atoms with Crippen LogP contribution in [0.2, 0.25) is 0 Å². The number of nitrogens with zero attached hydrogens (tertiary/aromatic N) is 4. The van der Waals surface area contributed by atoms with Crippen molar-refractivity contribution in [3.63, 3.8) is 0 Å². The van der Waals surface area contributed by atoms with Gasteiger partial charge >= 0.3 is 0 Å². The summed E-state index contributed by atoms with van der Waals surface area (Å²) in [6.45, 7) is 1.99. The molecular formula is C21H23N5O2S2. The Hall–Kier alpha value is -2.65. The SMILES string of the molecule is Cc1ccc(NC(=O)CN(C)C(=O)CSc2nnc(-c3cccs3)n2C2CC2)cc1. The Morgan fingerprint density at radius 1 is 1.23 bits per heavy atom. The van der Waals surface area contributed by atoms with Crippen molar-refractivity contribution in [1.29, 1.82) is 0 Å². The van der Waals surface area contributed by atoms with Crippen LogP contribution in [-0.4, -0.2) is 50.8 Å². The number of likely N-dealkylation sites (N-methyl/N-ethyl adjacent to an activating group) is 1. The van der Waals surface area contributed by atoms with E-state index in [9.17, 15) is 9.59 Å². The van der Waals surface area contributed by atoms with Crippen LogP contribution in [0.4, 0.5) is 5.69 Å². The molecule has 1 N–H and O–H groups in total. The second-order valence-corrected chi connectivity index (χ2v) is 9.23. The highest BCUT2D eigenvalue weighted by atomic mass is 32.2. The van der Waals surface area contributed by atoms with Gasteiger partial charge in [0.1, 0.15) is 0 Å². The Morgan fingerprint density at radius 3 is 2.67 bits per heavy atom. The summed E-state index contributed by atoms with van der Waals surface area (Å²) in [4.78, 5) is 27.3. The Balaban J connectivity index is 1.33. The molecule has 156 valence electrons. The van der Waals surface area contributed by atoms with E-state index in [2.05, 4.69) is 20.1 Å². The van der Waals surface area contributed by atoms with E-state index in [1.165, 1.54) is 16.7 Å². The van der Waals surface area contributed by atoms with Crippen molar-refractivity contribution in [3.8, 4) is 10.7 Å². The minimum absolute atomic E-state index is 0.00301. The van der Waals surface area contributed by atoms with E-state index < -0.39 is 0 Å². The molecule has 0 bridgehead atoms. The Bertz CT molecular complexity index is 1030. The number of carbonyl (C=O) groups excluding carboxylic acids is 2. The molecule has 9 heteroatoms. The fraction of sp³-hybridized carbons (Fsp3) is 0.333. The largest absolute Gasteiger partial charge is 0.336 e.